The summed E-state index contributed by atoms with van der Waals surface area (Å²) >= 11 is 1.53. The average Bonchev–Trinajstić information content (AvgIpc) is 2.84. The van der Waals surface area contributed by atoms with E-state index < -0.39 is 47.9 Å². The van der Waals surface area contributed by atoms with E-state index in [0.717, 1.165) is 0 Å². The third-order valence-electron chi connectivity index (χ3n) is 5.68. The zero-order valence-corrected chi connectivity index (χ0v) is 23.1. The van der Waals surface area contributed by atoms with E-state index in [9.17, 15) is 29.1 Å². The van der Waals surface area contributed by atoms with Crippen LogP contribution >= 0.6 is 11.8 Å². The molecule has 0 aromatic rings. The first kappa shape index (κ1) is 34.6. The highest BCUT2D eigenvalue weighted by molar-refractivity contribution is 7.98. The summed E-state index contributed by atoms with van der Waals surface area (Å²) in [6, 6.07) is -3.84. The molecule has 0 bridgehead atoms. The van der Waals surface area contributed by atoms with Gasteiger partial charge in [0.2, 0.25) is 24.1 Å². The Labute approximate surface area is 224 Å². The van der Waals surface area contributed by atoms with Crippen molar-refractivity contribution >= 4 is 41.9 Å². The third kappa shape index (κ3) is 15.5. The molecular weight excluding hydrogens is 500 g/mol. The van der Waals surface area contributed by atoms with Gasteiger partial charge in [-0.2, -0.15) is 11.8 Å². The molecule has 0 fully saturated rings. The molecule has 0 aliphatic carbocycles. The Bertz CT molecular complexity index is 711. The molecular formula is C24H46N6O6S. The molecule has 0 radical (unpaired) electrons. The maximum atomic E-state index is 13.2. The summed E-state index contributed by atoms with van der Waals surface area (Å²) in [5, 5.41) is 19.9. The molecule has 9 N–H and O–H groups in total. The fraction of sp³-hybridized carbons (Fsp3) is 0.792. The van der Waals surface area contributed by atoms with Gasteiger partial charge >= 0.3 is 5.97 Å². The molecule has 0 aliphatic heterocycles. The lowest BCUT2D eigenvalue weighted by Crippen LogP contribution is -2.57. The summed E-state index contributed by atoms with van der Waals surface area (Å²) in [6.45, 7) is 4.62. The number of carboxylic acid groups (broad SMARTS) is 1. The molecule has 0 aliphatic rings. The van der Waals surface area contributed by atoms with E-state index in [0.29, 0.717) is 63.8 Å². The number of hydrogen-bond donors (Lipinski definition) is 7. The highest BCUT2D eigenvalue weighted by Gasteiger charge is 2.30. The molecule has 12 nitrogen and oxygen atoms in total. The summed E-state index contributed by atoms with van der Waals surface area (Å²) in [5.41, 5.74) is 11.0. The Morgan fingerprint density at radius 3 is 1.76 bits per heavy atom. The van der Waals surface area contributed by atoms with Crippen LogP contribution in [0, 0.1) is 5.92 Å². The second kappa shape index (κ2) is 20.7. The number of nitrogens with one attached hydrogen (secondary N) is 4. The predicted octanol–water partition coefficient (Wildman–Crippen LogP) is -0.303. The Morgan fingerprint density at radius 2 is 1.27 bits per heavy atom. The van der Waals surface area contributed by atoms with E-state index in [-0.39, 0.29) is 18.8 Å². The van der Waals surface area contributed by atoms with E-state index in [1.54, 1.807) is 0 Å². The molecule has 37 heavy (non-hydrogen) atoms. The first-order valence-corrected chi connectivity index (χ1v) is 14.2. The molecule has 0 spiro atoms. The lowest BCUT2D eigenvalue weighted by molar-refractivity contribution is -0.142. The topological polar surface area (TPSA) is 206 Å². The molecule has 0 unspecified atom stereocenters. The number of aliphatic carboxylic acids is 1. The van der Waals surface area contributed by atoms with Crippen molar-refractivity contribution < 1.29 is 29.1 Å². The van der Waals surface area contributed by atoms with Crippen LogP contribution in [0.4, 0.5) is 0 Å². The van der Waals surface area contributed by atoms with E-state index in [1.165, 1.54) is 11.8 Å². The van der Waals surface area contributed by atoms with E-state index in [1.807, 2.05) is 20.1 Å². The highest BCUT2D eigenvalue weighted by atomic mass is 32.2. The SMILES string of the molecule is CSCC[C@H](NC=O)C(=O)N[C@@H](CC(C)C)C(=O)N[C@@H](CCCCN)C(=O)N[C@@H](CCCCN)C(=O)O. The Morgan fingerprint density at radius 1 is 0.784 bits per heavy atom. The van der Waals surface area contributed by atoms with Gasteiger partial charge in [-0.1, -0.05) is 13.8 Å². The Hall–Kier alpha value is -2.38. The number of carbonyl (C=O) groups is 5. The third-order valence-corrected chi connectivity index (χ3v) is 6.32. The van der Waals surface area contributed by atoms with Gasteiger partial charge in [-0.25, -0.2) is 4.79 Å². The van der Waals surface area contributed by atoms with Gasteiger partial charge in [0.15, 0.2) is 0 Å². The Balaban J connectivity index is 5.58. The number of rotatable bonds is 22. The van der Waals surface area contributed by atoms with Crippen molar-refractivity contribution in [3.63, 3.8) is 0 Å². The summed E-state index contributed by atoms with van der Waals surface area (Å²) < 4.78 is 0. The fourth-order valence-corrected chi connectivity index (χ4v) is 4.11. The van der Waals surface area contributed by atoms with Crippen LogP contribution in [-0.4, -0.2) is 84.5 Å². The summed E-state index contributed by atoms with van der Waals surface area (Å²) in [7, 11) is 0. The first-order valence-electron chi connectivity index (χ1n) is 12.8. The zero-order valence-electron chi connectivity index (χ0n) is 22.3. The van der Waals surface area contributed by atoms with Crippen LogP contribution < -0.4 is 32.7 Å². The molecule has 4 amide bonds. The van der Waals surface area contributed by atoms with Crippen LogP contribution in [0.2, 0.25) is 0 Å². The number of hydrogen-bond acceptors (Lipinski definition) is 8. The minimum absolute atomic E-state index is 0.0446. The number of nitrogens with two attached hydrogens (primary N) is 2. The normalized spacial score (nSPS) is 14.2. The van der Waals surface area contributed by atoms with Gasteiger partial charge in [-0.05, 0) is 82.4 Å². The standard InChI is InChI=1S/C24H46N6O6S/c1-16(2)14-20(30-21(32)17(27-15-31)10-13-37-3)23(34)28-18(8-4-6-11-25)22(33)29-19(24(35)36)9-5-7-12-26/h15-20H,4-14,25-26H2,1-3H3,(H,27,31)(H,28,34)(H,29,33)(H,30,32)(H,35,36)/t17-,18-,19-,20-/m0/s1. The lowest BCUT2D eigenvalue weighted by Gasteiger charge is -2.26. The van der Waals surface area contributed by atoms with E-state index in [2.05, 4.69) is 21.3 Å². The lowest BCUT2D eigenvalue weighted by atomic mass is 10.0. The van der Waals surface area contributed by atoms with Crippen LogP contribution in [-0.2, 0) is 24.0 Å². The van der Waals surface area contributed by atoms with Crippen molar-refractivity contribution in [3.05, 3.63) is 0 Å². The maximum absolute atomic E-state index is 13.2. The van der Waals surface area contributed by atoms with Gasteiger partial charge < -0.3 is 37.8 Å². The fourth-order valence-electron chi connectivity index (χ4n) is 3.64. The van der Waals surface area contributed by atoms with Crippen LogP contribution in [0.25, 0.3) is 0 Å². The molecule has 13 heteroatoms. The van der Waals surface area contributed by atoms with Gasteiger partial charge in [0.25, 0.3) is 0 Å². The molecule has 0 saturated carbocycles. The number of thioether (sulfide) groups is 1. The minimum Gasteiger partial charge on any atom is -0.480 e. The van der Waals surface area contributed by atoms with E-state index >= 15 is 0 Å². The van der Waals surface area contributed by atoms with Crippen molar-refractivity contribution in [2.24, 2.45) is 17.4 Å². The summed E-state index contributed by atoms with van der Waals surface area (Å²) in [6.07, 6.45) is 5.84. The van der Waals surface area contributed by atoms with Crippen molar-refractivity contribution in [3.8, 4) is 0 Å². The van der Waals surface area contributed by atoms with Gasteiger partial charge in [-0.15, -0.1) is 0 Å². The summed E-state index contributed by atoms with van der Waals surface area (Å²) in [4.78, 5) is 61.7. The quantitative estimate of drug-likeness (QED) is 0.0701. The van der Waals surface area contributed by atoms with Gasteiger partial charge in [0.1, 0.15) is 24.2 Å². The molecule has 0 saturated heterocycles. The zero-order chi connectivity index (χ0) is 28.2. The maximum Gasteiger partial charge on any atom is 0.326 e. The van der Waals surface area contributed by atoms with Crippen molar-refractivity contribution in [2.45, 2.75) is 89.4 Å². The predicted molar refractivity (Wildman–Crippen MR) is 145 cm³/mol. The van der Waals surface area contributed by atoms with Crippen LogP contribution in [0.5, 0.6) is 0 Å². The highest BCUT2D eigenvalue weighted by Crippen LogP contribution is 2.10. The number of unbranched alkanes of at least 4 members (excludes halogenated alkanes) is 2. The van der Waals surface area contributed by atoms with Crippen molar-refractivity contribution in [1.29, 1.82) is 0 Å². The van der Waals surface area contributed by atoms with Crippen LogP contribution in [0.1, 0.15) is 65.2 Å². The molecule has 214 valence electrons. The monoisotopic (exact) mass is 546 g/mol. The summed E-state index contributed by atoms with van der Waals surface area (Å²) in [5.74, 6) is -2.14. The number of amides is 4. The Kier molecular flexibility index (Phi) is 19.3. The second-order valence-corrected chi connectivity index (χ2v) is 10.3. The van der Waals surface area contributed by atoms with Crippen molar-refractivity contribution in [1.82, 2.24) is 21.3 Å². The molecule has 0 aromatic carbocycles. The molecule has 4 atom stereocenters. The molecule has 0 aromatic heterocycles. The average molecular weight is 547 g/mol. The molecule has 0 rings (SSSR count). The minimum atomic E-state index is -1.17. The van der Waals surface area contributed by atoms with Gasteiger partial charge in [0, 0.05) is 0 Å². The van der Waals surface area contributed by atoms with Crippen molar-refractivity contribution in [2.75, 3.05) is 25.1 Å². The largest absolute Gasteiger partial charge is 0.480 e. The van der Waals surface area contributed by atoms with Gasteiger partial charge in [0.05, 0.1) is 0 Å². The van der Waals surface area contributed by atoms with Crippen LogP contribution in [0.3, 0.4) is 0 Å². The number of carbonyl (C=O) groups excluding carboxylic acids is 4. The van der Waals surface area contributed by atoms with Gasteiger partial charge in [-0.3, -0.25) is 19.2 Å². The number of carboxylic acids is 1. The van der Waals surface area contributed by atoms with E-state index in [4.69, 9.17) is 11.5 Å². The molecule has 0 heterocycles. The first-order chi connectivity index (χ1) is 17.6. The smallest absolute Gasteiger partial charge is 0.326 e. The van der Waals surface area contributed by atoms with Crippen LogP contribution in [0.15, 0.2) is 0 Å². The second-order valence-electron chi connectivity index (χ2n) is 9.34.